The van der Waals surface area contributed by atoms with Crippen molar-refractivity contribution in [1.82, 2.24) is 20.9 Å². The minimum absolute atomic E-state index is 0.242. The lowest BCUT2D eigenvalue weighted by Crippen LogP contribution is -2.46. The fourth-order valence-electron chi connectivity index (χ4n) is 2.25. The molecule has 1 rings (SSSR count). The number of nitrogens with zero attached hydrogens (tertiary/aromatic N) is 1. The van der Waals surface area contributed by atoms with Gasteiger partial charge in [-0.15, -0.1) is 0 Å². The zero-order chi connectivity index (χ0) is 14.1. The molecule has 0 aliphatic carbocycles. The van der Waals surface area contributed by atoms with Crippen LogP contribution in [0.3, 0.4) is 0 Å². The van der Waals surface area contributed by atoms with Crippen molar-refractivity contribution < 1.29 is 9.59 Å². The Labute approximate surface area is 115 Å². The molecule has 6 heteroatoms. The van der Waals surface area contributed by atoms with Gasteiger partial charge in [0.1, 0.15) is 0 Å². The van der Waals surface area contributed by atoms with Crippen LogP contribution in [0.1, 0.15) is 32.6 Å². The van der Waals surface area contributed by atoms with Crippen LogP contribution in [0.25, 0.3) is 0 Å². The third-order valence-electron chi connectivity index (χ3n) is 3.35. The molecule has 110 valence electrons. The lowest BCUT2D eigenvalue weighted by molar-refractivity contribution is -0.121. The second-order valence-electron chi connectivity index (χ2n) is 5.05. The minimum Gasteiger partial charge on any atom is -0.338 e. The van der Waals surface area contributed by atoms with Gasteiger partial charge >= 0.3 is 6.03 Å². The molecular weight excluding hydrogens is 244 g/mol. The first-order valence-corrected chi connectivity index (χ1v) is 7.12. The number of amides is 3. The molecule has 1 heterocycles. The Morgan fingerprint density at radius 2 is 2.11 bits per heavy atom. The van der Waals surface area contributed by atoms with E-state index < -0.39 is 6.03 Å². The van der Waals surface area contributed by atoms with Gasteiger partial charge in [-0.3, -0.25) is 15.0 Å². The van der Waals surface area contributed by atoms with Crippen molar-refractivity contribution in [3.63, 3.8) is 0 Å². The number of nitrogens with one attached hydrogen (secondary N) is 3. The quantitative estimate of drug-likeness (QED) is 0.671. The van der Waals surface area contributed by atoms with Crippen LogP contribution in [0.2, 0.25) is 0 Å². The number of urea groups is 1. The normalized spacial score (nSPS) is 19.8. The van der Waals surface area contributed by atoms with E-state index in [0.29, 0.717) is 12.6 Å². The van der Waals surface area contributed by atoms with E-state index in [1.165, 1.54) is 0 Å². The number of rotatable bonds is 5. The number of carbonyl (C=O) groups excluding carboxylic acids is 2. The topological polar surface area (TPSA) is 73.5 Å². The van der Waals surface area contributed by atoms with Crippen LogP contribution in [0, 0.1) is 0 Å². The van der Waals surface area contributed by atoms with Crippen molar-refractivity contribution in [2.24, 2.45) is 0 Å². The van der Waals surface area contributed by atoms with E-state index in [4.69, 9.17) is 0 Å². The summed E-state index contributed by atoms with van der Waals surface area (Å²) in [6.07, 6.45) is 4.13. The maximum Gasteiger partial charge on any atom is 0.321 e. The highest BCUT2D eigenvalue weighted by molar-refractivity contribution is 5.95. The highest BCUT2D eigenvalue weighted by Gasteiger charge is 2.19. The molecule has 1 aliphatic heterocycles. The Bertz CT molecular complexity index is 288. The van der Waals surface area contributed by atoms with Gasteiger partial charge in [-0.25, -0.2) is 4.79 Å². The summed E-state index contributed by atoms with van der Waals surface area (Å²) in [6.45, 7) is 4.87. The molecule has 0 aromatic carbocycles. The fourth-order valence-corrected chi connectivity index (χ4v) is 2.25. The molecule has 0 aromatic rings. The Morgan fingerprint density at radius 1 is 1.32 bits per heavy atom. The summed E-state index contributed by atoms with van der Waals surface area (Å²) in [5.41, 5.74) is 0. The van der Waals surface area contributed by atoms with Gasteiger partial charge in [-0.05, 0) is 45.8 Å². The summed E-state index contributed by atoms with van der Waals surface area (Å²) < 4.78 is 0. The minimum atomic E-state index is -0.400. The van der Waals surface area contributed by atoms with Crippen molar-refractivity contribution in [2.45, 2.75) is 38.6 Å². The van der Waals surface area contributed by atoms with Gasteiger partial charge in [0.15, 0.2) is 0 Å². The summed E-state index contributed by atoms with van der Waals surface area (Å²) in [5.74, 6) is -0.242. The zero-order valence-corrected chi connectivity index (χ0v) is 12.0. The Hall–Kier alpha value is -1.14. The average Bonchev–Trinajstić information content (AvgIpc) is 2.64. The van der Waals surface area contributed by atoms with Crippen LogP contribution in [-0.4, -0.2) is 56.1 Å². The van der Waals surface area contributed by atoms with Crippen LogP contribution in [-0.2, 0) is 4.79 Å². The first kappa shape index (κ1) is 15.9. The summed E-state index contributed by atoms with van der Waals surface area (Å²) in [4.78, 5) is 25.1. The first-order chi connectivity index (χ1) is 9.13. The van der Waals surface area contributed by atoms with Crippen LogP contribution in [0.15, 0.2) is 0 Å². The third-order valence-corrected chi connectivity index (χ3v) is 3.35. The average molecular weight is 270 g/mol. The Kier molecular flexibility index (Phi) is 7.43. The molecule has 1 atom stereocenters. The third kappa shape index (κ3) is 6.54. The van der Waals surface area contributed by atoms with Crippen molar-refractivity contribution >= 4 is 11.9 Å². The smallest absolute Gasteiger partial charge is 0.321 e. The van der Waals surface area contributed by atoms with E-state index in [-0.39, 0.29) is 12.5 Å². The highest BCUT2D eigenvalue weighted by Crippen LogP contribution is 2.11. The van der Waals surface area contributed by atoms with E-state index in [1.807, 2.05) is 18.9 Å². The van der Waals surface area contributed by atoms with Gasteiger partial charge in [0.05, 0.1) is 6.54 Å². The second-order valence-corrected chi connectivity index (χ2v) is 5.05. The van der Waals surface area contributed by atoms with Gasteiger partial charge in [0, 0.05) is 12.6 Å². The monoisotopic (exact) mass is 270 g/mol. The molecule has 0 saturated carbocycles. The summed E-state index contributed by atoms with van der Waals surface area (Å²) in [6, 6.07) is 0.0160. The number of hydrogen-bond acceptors (Lipinski definition) is 4. The van der Waals surface area contributed by atoms with Crippen LogP contribution in [0.5, 0.6) is 0 Å². The fraction of sp³-hybridized carbons (Fsp3) is 0.846. The van der Waals surface area contributed by atoms with Crippen molar-refractivity contribution in [2.75, 3.05) is 33.2 Å². The number of hydrogen-bond donors (Lipinski definition) is 3. The van der Waals surface area contributed by atoms with Crippen molar-refractivity contribution in [1.29, 1.82) is 0 Å². The molecule has 6 nitrogen and oxygen atoms in total. The number of imide groups is 1. The van der Waals surface area contributed by atoms with E-state index in [1.54, 1.807) is 0 Å². The Balaban J connectivity index is 2.28. The maximum absolute atomic E-state index is 11.7. The molecule has 0 spiro atoms. The van der Waals surface area contributed by atoms with Crippen LogP contribution in [0.4, 0.5) is 4.79 Å². The molecule has 1 aliphatic rings. The van der Waals surface area contributed by atoms with Gasteiger partial charge < -0.3 is 10.6 Å². The molecule has 1 fully saturated rings. The highest BCUT2D eigenvalue weighted by atomic mass is 16.2. The number of carbonyl (C=O) groups is 2. The molecule has 0 bridgehead atoms. The first-order valence-electron chi connectivity index (χ1n) is 7.12. The lowest BCUT2D eigenvalue weighted by atomic mass is 10.1. The van der Waals surface area contributed by atoms with E-state index in [0.717, 1.165) is 38.8 Å². The molecule has 19 heavy (non-hydrogen) atoms. The van der Waals surface area contributed by atoms with Gasteiger partial charge in [0.2, 0.25) is 5.91 Å². The molecule has 0 aromatic heterocycles. The van der Waals surface area contributed by atoms with Gasteiger partial charge in [-0.2, -0.15) is 0 Å². The van der Waals surface area contributed by atoms with E-state index >= 15 is 0 Å². The molecule has 0 radical (unpaired) electrons. The predicted octanol–water partition coefficient (Wildman–Crippen LogP) is 0.296. The molecule has 3 amide bonds. The molecule has 1 unspecified atom stereocenters. The lowest BCUT2D eigenvalue weighted by Gasteiger charge is -2.25. The van der Waals surface area contributed by atoms with Gasteiger partial charge in [-0.1, -0.05) is 6.92 Å². The summed E-state index contributed by atoms with van der Waals surface area (Å²) in [5, 5.41) is 8.33. The number of likely N-dealkylation sites (N-methyl/N-ethyl adjacent to an activating group) is 1. The second kappa shape index (κ2) is 8.87. The molecule has 3 N–H and O–H groups in total. The van der Waals surface area contributed by atoms with Crippen LogP contribution < -0.4 is 16.0 Å². The largest absolute Gasteiger partial charge is 0.338 e. The standard InChI is InChI=1S/C13H26N4O2/c1-3-7-15-13(19)16-12(18)10-17(2)11-5-4-8-14-9-6-11/h11,14H,3-10H2,1-2H3,(H2,15,16,18,19). The molecule has 1 saturated heterocycles. The van der Waals surface area contributed by atoms with Crippen LogP contribution >= 0.6 is 0 Å². The molecular formula is C13H26N4O2. The van der Waals surface area contributed by atoms with E-state index in [9.17, 15) is 9.59 Å². The Morgan fingerprint density at radius 3 is 2.84 bits per heavy atom. The van der Waals surface area contributed by atoms with E-state index in [2.05, 4.69) is 16.0 Å². The van der Waals surface area contributed by atoms with Crippen molar-refractivity contribution in [3.8, 4) is 0 Å². The predicted molar refractivity (Wildman–Crippen MR) is 75.0 cm³/mol. The summed E-state index contributed by atoms with van der Waals surface area (Å²) >= 11 is 0. The van der Waals surface area contributed by atoms with Crippen molar-refractivity contribution in [3.05, 3.63) is 0 Å². The maximum atomic E-state index is 11.7. The zero-order valence-electron chi connectivity index (χ0n) is 12.0. The SMILES string of the molecule is CCCNC(=O)NC(=O)CN(C)C1CCCNCC1. The summed E-state index contributed by atoms with van der Waals surface area (Å²) in [7, 11) is 1.94. The van der Waals surface area contributed by atoms with Gasteiger partial charge in [0.25, 0.3) is 0 Å².